The van der Waals surface area contributed by atoms with Crippen molar-refractivity contribution in [2.45, 2.75) is 25.7 Å². The van der Waals surface area contributed by atoms with Crippen LogP contribution in [0.15, 0.2) is 23.0 Å². The van der Waals surface area contributed by atoms with E-state index in [-0.39, 0.29) is 30.8 Å². The van der Waals surface area contributed by atoms with Crippen molar-refractivity contribution in [2.24, 2.45) is 0 Å². The smallest absolute Gasteiger partial charge is 0.303 e. The summed E-state index contributed by atoms with van der Waals surface area (Å²) in [7, 11) is 0. The lowest BCUT2D eigenvalue weighted by molar-refractivity contribution is -0.145. The van der Waals surface area contributed by atoms with E-state index in [0.717, 1.165) is 12.1 Å². The molecule has 0 atom stereocenters. The van der Waals surface area contributed by atoms with Crippen LogP contribution in [0.5, 0.6) is 0 Å². The molecule has 1 aliphatic heterocycles. The maximum atomic E-state index is 13.2. The van der Waals surface area contributed by atoms with Crippen molar-refractivity contribution in [3.63, 3.8) is 0 Å². The zero-order valence-electron chi connectivity index (χ0n) is 12.3. The highest BCUT2D eigenvalue weighted by molar-refractivity contribution is 5.23. The molecule has 3 rings (SSSR count). The molecule has 0 aliphatic carbocycles. The Balaban J connectivity index is 1.82. The third kappa shape index (κ3) is 3.30. The molecule has 0 saturated carbocycles. The fraction of sp³-hybridized carbons (Fsp3) is 0.333. The largest absolute Gasteiger partial charge is 0.449 e. The van der Waals surface area contributed by atoms with E-state index in [0.29, 0.717) is 12.1 Å². The lowest BCUT2D eigenvalue weighted by atomic mass is 10.1. The normalized spacial score (nSPS) is 15.4. The summed E-state index contributed by atoms with van der Waals surface area (Å²) in [6, 6.07) is 3.48. The highest BCUT2D eigenvalue weighted by atomic mass is 19.4. The van der Waals surface area contributed by atoms with Crippen molar-refractivity contribution in [3.05, 3.63) is 62.8 Å². The molecule has 0 spiro atoms. The van der Waals surface area contributed by atoms with E-state index in [1.54, 1.807) is 9.88 Å². The Morgan fingerprint density at radius 1 is 1.21 bits per heavy atom. The van der Waals surface area contributed by atoms with Gasteiger partial charge in [-0.25, -0.2) is 13.8 Å². The van der Waals surface area contributed by atoms with Crippen molar-refractivity contribution in [1.29, 1.82) is 0 Å². The first-order valence-electron chi connectivity index (χ1n) is 7.09. The summed E-state index contributed by atoms with van der Waals surface area (Å²) in [5, 5.41) is 0. The van der Waals surface area contributed by atoms with Gasteiger partial charge in [0.25, 0.3) is 5.56 Å². The predicted molar refractivity (Wildman–Crippen MR) is 74.0 cm³/mol. The van der Waals surface area contributed by atoms with Crippen LogP contribution in [0, 0.1) is 11.6 Å². The number of rotatable bonds is 2. The van der Waals surface area contributed by atoms with Gasteiger partial charge >= 0.3 is 6.18 Å². The summed E-state index contributed by atoms with van der Waals surface area (Å²) >= 11 is 0. The Bertz CT molecular complexity index is 831. The number of alkyl halides is 3. The van der Waals surface area contributed by atoms with Gasteiger partial charge in [0.1, 0.15) is 0 Å². The second-order valence-corrected chi connectivity index (χ2v) is 5.55. The van der Waals surface area contributed by atoms with Crippen molar-refractivity contribution in [3.8, 4) is 0 Å². The topological polar surface area (TPSA) is 49.0 Å². The molecule has 0 amide bonds. The van der Waals surface area contributed by atoms with Crippen molar-refractivity contribution >= 4 is 0 Å². The molecule has 24 heavy (non-hydrogen) atoms. The SMILES string of the molecule is O=c1[nH]c(C(F)(F)F)nc2c1CN(Cc1ccc(F)c(F)c1)CC2. The summed E-state index contributed by atoms with van der Waals surface area (Å²) < 4.78 is 64.1. The third-order valence-corrected chi connectivity index (χ3v) is 3.81. The Kier molecular flexibility index (Phi) is 4.12. The molecule has 128 valence electrons. The molecule has 0 bridgehead atoms. The molecule has 1 N–H and O–H groups in total. The number of aromatic amines is 1. The maximum absolute atomic E-state index is 13.2. The Labute approximate surface area is 132 Å². The van der Waals surface area contributed by atoms with Gasteiger partial charge in [-0.2, -0.15) is 13.2 Å². The van der Waals surface area contributed by atoms with Crippen LogP contribution in [0.1, 0.15) is 22.6 Å². The van der Waals surface area contributed by atoms with Gasteiger partial charge in [0, 0.05) is 26.1 Å². The number of fused-ring (bicyclic) bond motifs is 1. The number of benzene rings is 1. The molecule has 9 heteroatoms. The highest BCUT2D eigenvalue weighted by Crippen LogP contribution is 2.26. The van der Waals surface area contributed by atoms with E-state index in [1.165, 1.54) is 6.07 Å². The molecule has 0 fully saturated rings. The summed E-state index contributed by atoms with van der Waals surface area (Å²) in [4.78, 5) is 18.9. The Hall–Kier alpha value is -2.29. The van der Waals surface area contributed by atoms with Gasteiger partial charge in [0.2, 0.25) is 5.82 Å². The van der Waals surface area contributed by atoms with Crippen LogP contribution in [0.3, 0.4) is 0 Å². The Morgan fingerprint density at radius 3 is 2.62 bits per heavy atom. The van der Waals surface area contributed by atoms with Gasteiger partial charge in [0.15, 0.2) is 11.6 Å². The summed E-state index contributed by atoms with van der Waals surface area (Å²) in [5.41, 5.74) is -0.0413. The minimum absolute atomic E-state index is 0.0921. The minimum Gasteiger partial charge on any atom is -0.303 e. The van der Waals surface area contributed by atoms with Crippen molar-refractivity contribution < 1.29 is 22.0 Å². The lowest BCUT2D eigenvalue weighted by Crippen LogP contribution is -2.36. The van der Waals surface area contributed by atoms with Crippen LogP contribution in [-0.2, 0) is 25.7 Å². The number of nitrogens with one attached hydrogen (secondary N) is 1. The average molecular weight is 345 g/mol. The molecule has 2 heterocycles. The van der Waals surface area contributed by atoms with E-state index in [2.05, 4.69) is 4.98 Å². The predicted octanol–water partition coefficient (Wildman–Crippen LogP) is 2.63. The van der Waals surface area contributed by atoms with Crippen LogP contribution in [0.25, 0.3) is 0 Å². The van der Waals surface area contributed by atoms with E-state index >= 15 is 0 Å². The molecule has 0 saturated heterocycles. The third-order valence-electron chi connectivity index (χ3n) is 3.81. The second-order valence-electron chi connectivity index (χ2n) is 5.55. The quantitative estimate of drug-likeness (QED) is 0.852. The maximum Gasteiger partial charge on any atom is 0.449 e. The van der Waals surface area contributed by atoms with E-state index in [1.807, 2.05) is 0 Å². The van der Waals surface area contributed by atoms with Crippen molar-refractivity contribution in [2.75, 3.05) is 6.54 Å². The zero-order valence-corrected chi connectivity index (χ0v) is 12.3. The summed E-state index contributed by atoms with van der Waals surface area (Å²) in [6.07, 6.45) is -4.54. The fourth-order valence-corrected chi connectivity index (χ4v) is 2.65. The van der Waals surface area contributed by atoms with Crippen LogP contribution >= 0.6 is 0 Å². The fourth-order valence-electron chi connectivity index (χ4n) is 2.65. The van der Waals surface area contributed by atoms with Gasteiger partial charge in [-0.05, 0) is 17.7 Å². The Morgan fingerprint density at radius 2 is 1.96 bits per heavy atom. The standard InChI is InChI=1S/C15H12F5N3O/c16-10-2-1-8(5-11(10)17)6-23-4-3-12-9(7-23)13(24)22-14(21-12)15(18,19)20/h1-2,5H,3-4,6-7H2,(H,21,22,24). The number of aromatic nitrogens is 2. The van der Waals surface area contributed by atoms with Gasteiger partial charge in [-0.3, -0.25) is 9.69 Å². The monoisotopic (exact) mass is 345 g/mol. The highest BCUT2D eigenvalue weighted by Gasteiger charge is 2.35. The van der Waals surface area contributed by atoms with E-state index in [4.69, 9.17) is 0 Å². The average Bonchev–Trinajstić information content (AvgIpc) is 2.50. The molecule has 0 unspecified atom stereocenters. The molecule has 4 nitrogen and oxygen atoms in total. The number of halogens is 5. The molecular formula is C15H12F5N3O. The van der Waals surface area contributed by atoms with E-state index in [9.17, 15) is 26.7 Å². The first-order valence-corrected chi connectivity index (χ1v) is 7.09. The molecule has 2 aromatic rings. The molecule has 1 aromatic heterocycles. The molecule has 1 aliphatic rings. The van der Waals surface area contributed by atoms with E-state index < -0.39 is 29.2 Å². The molecule has 0 radical (unpaired) electrons. The number of hydrogen-bond donors (Lipinski definition) is 1. The first kappa shape index (κ1) is 16.6. The minimum atomic E-state index is -4.71. The zero-order chi connectivity index (χ0) is 17.5. The number of hydrogen-bond acceptors (Lipinski definition) is 3. The molecular weight excluding hydrogens is 333 g/mol. The first-order chi connectivity index (χ1) is 11.2. The van der Waals surface area contributed by atoms with Crippen LogP contribution in [0.2, 0.25) is 0 Å². The lowest BCUT2D eigenvalue weighted by Gasteiger charge is -2.27. The van der Waals surface area contributed by atoms with Crippen molar-refractivity contribution in [1.82, 2.24) is 14.9 Å². The second kappa shape index (κ2) is 5.97. The van der Waals surface area contributed by atoms with Gasteiger partial charge in [0.05, 0.1) is 11.3 Å². The van der Waals surface area contributed by atoms with Crippen LogP contribution < -0.4 is 5.56 Å². The number of H-pyrrole nitrogens is 1. The van der Waals surface area contributed by atoms with Gasteiger partial charge in [-0.1, -0.05) is 6.07 Å². The van der Waals surface area contributed by atoms with Crippen LogP contribution in [-0.4, -0.2) is 21.4 Å². The molecule has 1 aromatic carbocycles. The summed E-state index contributed by atoms with van der Waals surface area (Å²) in [5.74, 6) is -3.23. The van der Waals surface area contributed by atoms with Gasteiger partial charge < -0.3 is 4.98 Å². The van der Waals surface area contributed by atoms with Crippen LogP contribution in [0.4, 0.5) is 22.0 Å². The number of nitrogens with zero attached hydrogens (tertiary/aromatic N) is 2. The summed E-state index contributed by atoms with van der Waals surface area (Å²) in [6.45, 7) is 0.700. The van der Waals surface area contributed by atoms with Gasteiger partial charge in [-0.15, -0.1) is 0 Å².